The maximum absolute atomic E-state index is 12.4. The minimum absolute atomic E-state index is 0.109. The molecule has 3 rings (SSSR count). The molecule has 1 aliphatic carbocycles. The number of rotatable bonds is 6. The lowest BCUT2D eigenvalue weighted by molar-refractivity contribution is -0.126. The van der Waals surface area contributed by atoms with Crippen LogP contribution < -0.4 is 5.32 Å². The third-order valence-corrected chi connectivity index (χ3v) is 5.88. The Bertz CT molecular complexity index is 518. The van der Waals surface area contributed by atoms with Crippen molar-refractivity contribution in [3.8, 4) is 0 Å². The average molecular weight is 344 g/mol. The van der Waals surface area contributed by atoms with Gasteiger partial charge in [-0.1, -0.05) is 30.3 Å². The summed E-state index contributed by atoms with van der Waals surface area (Å²) < 4.78 is 0. The number of nitrogens with zero attached hydrogens (tertiary/aromatic N) is 1. The van der Waals surface area contributed by atoms with Crippen molar-refractivity contribution in [1.29, 1.82) is 0 Å². The number of piperidine rings is 1. The second-order valence-electron chi connectivity index (χ2n) is 7.68. The molecule has 0 aromatic heterocycles. The molecular formula is C21H32N2O2. The Morgan fingerprint density at radius 2 is 1.72 bits per heavy atom. The molecule has 1 aromatic rings. The first kappa shape index (κ1) is 18.4. The van der Waals surface area contributed by atoms with Gasteiger partial charge in [0, 0.05) is 25.6 Å². The van der Waals surface area contributed by atoms with Crippen LogP contribution in [0.15, 0.2) is 30.3 Å². The number of hydrogen-bond acceptors (Lipinski definition) is 3. The van der Waals surface area contributed by atoms with Gasteiger partial charge in [0.05, 0.1) is 6.10 Å². The monoisotopic (exact) mass is 344 g/mol. The predicted molar refractivity (Wildman–Crippen MR) is 100 cm³/mol. The van der Waals surface area contributed by atoms with E-state index in [1.807, 2.05) is 0 Å². The van der Waals surface area contributed by atoms with E-state index in [0.717, 1.165) is 71.1 Å². The Morgan fingerprint density at radius 1 is 1.04 bits per heavy atom. The van der Waals surface area contributed by atoms with Gasteiger partial charge in [0.1, 0.15) is 0 Å². The van der Waals surface area contributed by atoms with Crippen LogP contribution in [0.1, 0.15) is 56.4 Å². The number of hydrogen-bond donors (Lipinski definition) is 2. The lowest BCUT2D eigenvalue weighted by Gasteiger charge is -2.30. The van der Waals surface area contributed by atoms with Crippen LogP contribution in [0, 0.1) is 5.92 Å². The molecule has 0 atom stereocenters. The van der Waals surface area contributed by atoms with Crippen LogP contribution in [0.4, 0.5) is 0 Å². The van der Waals surface area contributed by atoms with E-state index in [1.165, 1.54) is 5.56 Å². The molecule has 0 unspecified atom stereocenters. The SMILES string of the molecule is O=C(NCCCN1CCC(O)CC1)C1CCC(c2ccccc2)CC1. The van der Waals surface area contributed by atoms with Gasteiger partial charge in [0.15, 0.2) is 0 Å². The van der Waals surface area contributed by atoms with E-state index >= 15 is 0 Å². The molecular weight excluding hydrogens is 312 g/mol. The third-order valence-electron chi connectivity index (χ3n) is 5.88. The molecule has 4 heteroatoms. The number of nitrogens with one attached hydrogen (secondary N) is 1. The molecule has 2 aliphatic rings. The van der Waals surface area contributed by atoms with E-state index < -0.39 is 0 Å². The van der Waals surface area contributed by atoms with Gasteiger partial charge in [-0.25, -0.2) is 0 Å². The van der Waals surface area contributed by atoms with Crippen LogP contribution in [0.25, 0.3) is 0 Å². The lowest BCUT2D eigenvalue weighted by atomic mass is 9.78. The van der Waals surface area contributed by atoms with E-state index in [0.29, 0.717) is 5.92 Å². The molecule has 0 bridgehead atoms. The van der Waals surface area contributed by atoms with Crippen molar-refractivity contribution >= 4 is 5.91 Å². The first-order valence-corrected chi connectivity index (χ1v) is 9.95. The zero-order chi connectivity index (χ0) is 17.5. The average Bonchev–Trinajstić information content (AvgIpc) is 2.67. The summed E-state index contributed by atoms with van der Waals surface area (Å²) in [7, 11) is 0. The lowest BCUT2D eigenvalue weighted by Crippen LogP contribution is -2.38. The highest BCUT2D eigenvalue weighted by Crippen LogP contribution is 2.35. The van der Waals surface area contributed by atoms with Gasteiger partial charge in [0.25, 0.3) is 0 Å². The molecule has 4 nitrogen and oxygen atoms in total. The minimum atomic E-state index is -0.109. The Morgan fingerprint density at radius 3 is 2.40 bits per heavy atom. The largest absolute Gasteiger partial charge is 0.393 e. The normalized spacial score (nSPS) is 25.6. The van der Waals surface area contributed by atoms with Crippen LogP contribution in [-0.2, 0) is 4.79 Å². The number of likely N-dealkylation sites (tertiary alicyclic amines) is 1. The van der Waals surface area contributed by atoms with Crippen molar-refractivity contribution in [3.05, 3.63) is 35.9 Å². The molecule has 25 heavy (non-hydrogen) atoms. The fraction of sp³-hybridized carbons (Fsp3) is 0.667. The van der Waals surface area contributed by atoms with Crippen molar-refractivity contribution in [2.75, 3.05) is 26.2 Å². The van der Waals surface area contributed by atoms with E-state index in [-0.39, 0.29) is 17.9 Å². The van der Waals surface area contributed by atoms with E-state index in [9.17, 15) is 9.90 Å². The standard InChI is InChI=1S/C21H32N2O2/c24-20-11-15-23(16-12-20)14-4-13-22-21(25)19-9-7-18(8-10-19)17-5-2-1-3-6-17/h1-3,5-6,18-20,24H,4,7-16H2,(H,22,25). The molecule has 1 aromatic carbocycles. The van der Waals surface area contributed by atoms with Crippen LogP contribution in [0.2, 0.25) is 0 Å². The number of carbonyl (C=O) groups is 1. The van der Waals surface area contributed by atoms with Gasteiger partial charge in [-0.2, -0.15) is 0 Å². The quantitative estimate of drug-likeness (QED) is 0.780. The van der Waals surface area contributed by atoms with Crippen molar-refractivity contribution in [2.24, 2.45) is 5.92 Å². The van der Waals surface area contributed by atoms with Crippen molar-refractivity contribution in [2.45, 2.75) is 57.0 Å². The molecule has 1 saturated carbocycles. The second-order valence-corrected chi connectivity index (χ2v) is 7.68. The van der Waals surface area contributed by atoms with Crippen LogP contribution in [0.3, 0.4) is 0 Å². The Balaban J connectivity index is 1.30. The van der Waals surface area contributed by atoms with Gasteiger partial charge in [-0.3, -0.25) is 4.79 Å². The predicted octanol–water partition coefficient (Wildman–Crippen LogP) is 2.92. The number of aliphatic hydroxyl groups is 1. The van der Waals surface area contributed by atoms with Gasteiger partial charge in [-0.05, 0) is 63.0 Å². The summed E-state index contributed by atoms with van der Waals surface area (Å²) >= 11 is 0. The van der Waals surface area contributed by atoms with Crippen molar-refractivity contribution < 1.29 is 9.90 Å². The fourth-order valence-electron chi connectivity index (χ4n) is 4.22. The Kier molecular flexibility index (Phi) is 6.88. The van der Waals surface area contributed by atoms with E-state index in [2.05, 4.69) is 40.5 Å². The van der Waals surface area contributed by atoms with E-state index in [4.69, 9.17) is 0 Å². The maximum Gasteiger partial charge on any atom is 0.223 e. The third kappa shape index (κ3) is 5.55. The van der Waals surface area contributed by atoms with Crippen LogP contribution >= 0.6 is 0 Å². The maximum atomic E-state index is 12.4. The molecule has 1 heterocycles. The smallest absolute Gasteiger partial charge is 0.223 e. The highest BCUT2D eigenvalue weighted by molar-refractivity contribution is 5.78. The second kappa shape index (κ2) is 9.35. The highest BCUT2D eigenvalue weighted by atomic mass is 16.3. The summed E-state index contributed by atoms with van der Waals surface area (Å²) in [5.41, 5.74) is 1.42. The molecule has 1 aliphatic heterocycles. The Hall–Kier alpha value is -1.39. The minimum Gasteiger partial charge on any atom is -0.393 e. The van der Waals surface area contributed by atoms with Gasteiger partial charge in [-0.15, -0.1) is 0 Å². The highest BCUT2D eigenvalue weighted by Gasteiger charge is 2.26. The molecule has 0 radical (unpaired) electrons. The van der Waals surface area contributed by atoms with Crippen molar-refractivity contribution in [1.82, 2.24) is 10.2 Å². The van der Waals surface area contributed by atoms with Crippen molar-refractivity contribution in [3.63, 3.8) is 0 Å². The summed E-state index contributed by atoms with van der Waals surface area (Å²) in [6.07, 6.45) is 6.93. The number of amides is 1. The van der Waals surface area contributed by atoms with Crippen LogP contribution in [-0.4, -0.2) is 48.2 Å². The molecule has 1 saturated heterocycles. The first-order chi connectivity index (χ1) is 12.2. The van der Waals surface area contributed by atoms with Gasteiger partial charge in [0.2, 0.25) is 5.91 Å². The molecule has 1 amide bonds. The fourth-order valence-corrected chi connectivity index (χ4v) is 4.22. The topological polar surface area (TPSA) is 52.6 Å². The summed E-state index contributed by atoms with van der Waals surface area (Å²) in [5, 5.41) is 12.7. The number of carbonyl (C=O) groups excluding carboxylic acids is 1. The summed E-state index contributed by atoms with van der Waals surface area (Å²) in [4.78, 5) is 14.8. The summed E-state index contributed by atoms with van der Waals surface area (Å²) in [5.74, 6) is 1.07. The molecule has 2 fully saturated rings. The molecule has 0 spiro atoms. The van der Waals surface area contributed by atoms with Gasteiger partial charge >= 0.3 is 0 Å². The van der Waals surface area contributed by atoms with E-state index in [1.54, 1.807) is 0 Å². The molecule has 138 valence electrons. The summed E-state index contributed by atoms with van der Waals surface area (Å²) in [6.45, 7) is 3.77. The van der Waals surface area contributed by atoms with Crippen LogP contribution in [0.5, 0.6) is 0 Å². The number of aliphatic hydroxyl groups excluding tert-OH is 1. The zero-order valence-corrected chi connectivity index (χ0v) is 15.2. The van der Waals surface area contributed by atoms with Gasteiger partial charge < -0.3 is 15.3 Å². The zero-order valence-electron chi connectivity index (χ0n) is 15.2. The Labute approximate surface area is 151 Å². The first-order valence-electron chi connectivity index (χ1n) is 9.95. The summed E-state index contributed by atoms with van der Waals surface area (Å²) in [6, 6.07) is 10.7. The number of benzene rings is 1. The molecule has 2 N–H and O–H groups in total.